The lowest BCUT2D eigenvalue weighted by atomic mass is 10.0. The largest absolute Gasteiger partial charge is 0.319 e. The summed E-state index contributed by atoms with van der Waals surface area (Å²) in [5.74, 6) is -0.397. The van der Waals surface area contributed by atoms with Crippen LogP contribution in [-0.4, -0.2) is 35.8 Å². The van der Waals surface area contributed by atoms with Crippen LogP contribution < -0.4 is 4.80 Å². The van der Waals surface area contributed by atoms with Crippen molar-refractivity contribution in [3.8, 4) is 0 Å². The Balaban J connectivity index is 1.57. The van der Waals surface area contributed by atoms with Crippen LogP contribution in [0.15, 0.2) is 63.1 Å². The van der Waals surface area contributed by atoms with Gasteiger partial charge in [0.1, 0.15) is 10.3 Å². The molecule has 1 unspecified atom stereocenters. The molecule has 6 nitrogen and oxygen atoms in total. The molecule has 3 heterocycles. The van der Waals surface area contributed by atoms with E-state index < -0.39 is 22.0 Å². The van der Waals surface area contributed by atoms with E-state index in [9.17, 15) is 13.2 Å². The minimum absolute atomic E-state index is 0.270. The number of thiophene rings is 1. The molecule has 1 fully saturated rings. The zero-order valence-electron chi connectivity index (χ0n) is 16.9. The second-order valence-electron chi connectivity index (χ2n) is 7.59. The Hall–Kier alpha value is -2.33. The average molecular weight is 472 g/mol. The van der Waals surface area contributed by atoms with Crippen molar-refractivity contribution < 1.29 is 13.2 Å². The molecule has 0 spiro atoms. The van der Waals surface area contributed by atoms with Gasteiger partial charge in [0.15, 0.2) is 4.80 Å². The lowest BCUT2D eigenvalue weighted by Gasteiger charge is -2.31. The van der Waals surface area contributed by atoms with Gasteiger partial charge in [0.25, 0.3) is 15.9 Å². The van der Waals surface area contributed by atoms with Crippen molar-refractivity contribution in [2.75, 3.05) is 6.54 Å². The van der Waals surface area contributed by atoms with Gasteiger partial charge in [-0.05, 0) is 35.7 Å². The van der Waals surface area contributed by atoms with Gasteiger partial charge in [-0.2, -0.15) is 9.30 Å². The number of hydrogen-bond donors (Lipinski definition) is 0. The van der Waals surface area contributed by atoms with Crippen LogP contribution >= 0.6 is 22.7 Å². The summed E-state index contributed by atoms with van der Waals surface area (Å²) in [6.07, 6.45) is 2.05. The lowest BCUT2D eigenvalue weighted by Crippen LogP contribution is -2.47. The third-order valence-electron chi connectivity index (χ3n) is 5.69. The number of aryl methyl sites for hydroxylation is 1. The maximum Gasteiger partial charge on any atom is 0.266 e. The van der Waals surface area contributed by atoms with Gasteiger partial charge in [-0.25, -0.2) is 8.42 Å². The molecule has 5 rings (SSSR count). The highest BCUT2D eigenvalue weighted by Crippen LogP contribution is 2.29. The number of benzene rings is 2. The zero-order chi connectivity index (χ0) is 21.6. The number of hydrogen-bond acceptors (Lipinski definition) is 5. The van der Waals surface area contributed by atoms with Gasteiger partial charge in [-0.15, -0.1) is 11.3 Å². The van der Waals surface area contributed by atoms with E-state index in [0.717, 1.165) is 33.8 Å². The summed E-state index contributed by atoms with van der Waals surface area (Å²) in [6, 6.07) is 14.8. The first-order valence-corrected chi connectivity index (χ1v) is 13.2. The highest BCUT2D eigenvalue weighted by molar-refractivity contribution is 7.91. The molecule has 1 saturated heterocycles. The fourth-order valence-electron chi connectivity index (χ4n) is 4.16. The summed E-state index contributed by atoms with van der Waals surface area (Å²) in [5.41, 5.74) is 1.03. The standard InChI is InChI=1S/C22H21N3O3S3/c1-24-20-16-8-3-2-7-15(16)11-12-18(20)30-22(24)23-21(26)17-9-4-5-13-25(17)31(27,28)19-10-6-14-29-19/h2-3,6-8,10-12,14,17H,4-5,9,13H2,1H3. The van der Waals surface area contributed by atoms with Crippen LogP contribution in [0.25, 0.3) is 21.0 Å². The second-order valence-corrected chi connectivity index (χ2v) is 11.7. The van der Waals surface area contributed by atoms with E-state index >= 15 is 0 Å². The Morgan fingerprint density at radius 2 is 1.94 bits per heavy atom. The molecule has 1 aliphatic heterocycles. The number of piperidine rings is 1. The van der Waals surface area contributed by atoms with Gasteiger partial charge in [0.2, 0.25) is 0 Å². The quantitative estimate of drug-likeness (QED) is 0.451. The van der Waals surface area contributed by atoms with Crippen molar-refractivity contribution in [3.05, 3.63) is 58.7 Å². The van der Waals surface area contributed by atoms with Crippen LogP contribution in [-0.2, 0) is 21.9 Å². The molecule has 0 radical (unpaired) electrons. The molecule has 4 aromatic rings. The van der Waals surface area contributed by atoms with Crippen LogP contribution in [0.5, 0.6) is 0 Å². The number of rotatable bonds is 3. The highest BCUT2D eigenvalue weighted by Gasteiger charge is 2.38. The molecule has 0 N–H and O–H groups in total. The molecule has 160 valence electrons. The van der Waals surface area contributed by atoms with Crippen molar-refractivity contribution >= 4 is 59.6 Å². The fourth-order valence-corrected chi connectivity index (χ4v) is 7.97. The summed E-state index contributed by atoms with van der Waals surface area (Å²) in [5, 5.41) is 3.97. The minimum atomic E-state index is -3.70. The summed E-state index contributed by atoms with van der Waals surface area (Å²) in [6.45, 7) is 0.343. The first-order chi connectivity index (χ1) is 15.0. The smallest absolute Gasteiger partial charge is 0.266 e. The zero-order valence-corrected chi connectivity index (χ0v) is 19.3. The molecule has 31 heavy (non-hydrogen) atoms. The van der Waals surface area contributed by atoms with Crippen molar-refractivity contribution in [2.24, 2.45) is 12.0 Å². The Labute approximate surface area is 188 Å². The SMILES string of the molecule is Cn1c(=NC(=O)C2CCCCN2S(=O)(=O)c2cccs2)sc2ccc3ccccc3c21. The number of aromatic nitrogens is 1. The molecule has 2 aromatic carbocycles. The molecule has 1 amide bonds. The number of sulfonamides is 1. The van der Waals surface area contributed by atoms with E-state index in [1.807, 2.05) is 29.8 Å². The van der Waals surface area contributed by atoms with E-state index in [0.29, 0.717) is 17.8 Å². The molecule has 0 aliphatic carbocycles. The third-order valence-corrected chi connectivity index (χ3v) is 10.1. The predicted molar refractivity (Wildman–Crippen MR) is 125 cm³/mol. The van der Waals surface area contributed by atoms with Gasteiger partial charge >= 0.3 is 0 Å². The Bertz CT molecular complexity index is 1450. The van der Waals surface area contributed by atoms with Gasteiger partial charge in [0, 0.05) is 19.0 Å². The molecule has 1 aliphatic rings. The summed E-state index contributed by atoms with van der Waals surface area (Å²) >= 11 is 2.62. The predicted octanol–water partition coefficient (Wildman–Crippen LogP) is 4.13. The number of carbonyl (C=O) groups is 1. The maximum absolute atomic E-state index is 13.2. The van der Waals surface area contributed by atoms with Gasteiger partial charge in [-0.1, -0.05) is 54.2 Å². The van der Waals surface area contributed by atoms with Crippen molar-refractivity contribution in [1.29, 1.82) is 0 Å². The number of fused-ring (bicyclic) bond motifs is 3. The van der Waals surface area contributed by atoms with Gasteiger partial charge < -0.3 is 4.57 Å². The van der Waals surface area contributed by atoms with E-state index in [1.165, 1.54) is 27.0 Å². The Morgan fingerprint density at radius 1 is 1.10 bits per heavy atom. The average Bonchev–Trinajstić information content (AvgIpc) is 3.43. The molecule has 0 bridgehead atoms. The van der Waals surface area contributed by atoms with E-state index in [-0.39, 0.29) is 4.21 Å². The minimum Gasteiger partial charge on any atom is -0.319 e. The van der Waals surface area contributed by atoms with Crippen LogP contribution in [0.3, 0.4) is 0 Å². The van der Waals surface area contributed by atoms with Crippen LogP contribution in [0.4, 0.5) is 0 Å². The molecular weight excluding hydrogens is 450 g/mol. The molecular formula is C22H21N3O3S3. The molecule has 0 saturated carbocycles. The van der Waals surface area contributed by atoms with Crippen LogP contribution in [0, 0.1) is 0 Å². The van der Waals surface area contributed by atoms with E-state index in [1.54, 1.807) is 17.5 Å². The van der Waals surface area contributed by atoms with Crippen LogP contribution in [0.2, 0.25) is 0 Å². The molecule has 1 atom stereocenters. The topological polar surface area (TPSA) is 71.7 Å². The van der Waals surface area contributed by atoms with E-state index in [2.05, 4.69) is 23.2 Å². The summed E-state index contributed by atoms with van der Waals surface area (Å²) in [7, 11) is -1.80. The van der Waals surface area contributed by atoms with Crippen LogP contribution in [0.1, 0.15) is 19.3 Å². The summed E-state index contributed by atoms with van der Waals surface area (Å²) < 4.78 is 30.8. The fraction of sp³-hybridized carbons (Fsp3) is 0.273. The third kappa shape index (κ3) is 3.55. The van der Waals surface area contributed by atoms with Crippen molar-refractivity contribution in [2.45, 2.75) is 29.5 Å². The Kier molecular flexibility index (Phi) is 5.29. The number of thiazole rings is 1. The Morgan fingerprint density at radius 3 is 2.74 bits per heavy atom. The first-order valence-electron chi connectivity index (χ1n) is 10.1. The molecule has 2 aromatic heterocycles. The highest BCUT2D eigenvalue weighted by atomic mass is 32.2. The van der Waals surface area contributed by atoms with Gasteiger partial charge in [-0.3, -0.25) is 4.79 Å². The van der Waals surface area contributed by atoms with Crippen molar-refractivity contribution in [1.82, 2.24) is 8.87 Å². The lowest BCUT2D eigenvalue weighted by molar-refractivity contribution is -0.122. The van der Waals surface area contributed by atoms with Gasteiger partial charge in [0.05, 0.1) is 10.2 Å². The molecule has 9 heteroatoms. The number of nitrogens with zero attached hydrogens (tertiary/aromatic N) is 3. The van der Waals surface area contributed by atoms with E-state index in [4.69, 9.17) is 0 Å². The maximum atomic E-state index is 13.2. The first kappa shape index (κ1) is 20.6. The second kappa shape index (κ2) is 7.98. The number of carbonyl (C=O) groups excluding carboxylic acids is 1. The van der Waals surface area contributed by atoms with Crippen molar-refractivity contribution in [3.63, 3.8) is 0 Å². The summed E-state index contributed by atoms with van der Waals surface area (Å²) in [4.78, 5) is 18.2. The monoisotopic (exact) mass is 471 g/mol. The normalized spacial score (nSPS) is 18.7. The number of amides is 1.